The third kappa shape index (κ3) is 6.89. The molecule has 0 aliphatic carbocycles. The number of nitrogens with one attached hydrogen (secondary N) is 3. The number of carbonyl (C=O) groups is 3. The van der Waals surface area contributed by atoms with Crippen molar-refractivity contribution in [1.82, 2.24) is 10.9 Å². The fraction of sp³-hybridized carbons (Fsp3) is 0.250. The first-order chi connectivity index (χ1) is 14.4. The lowest BCUT2D eigenvalue weighted by atomic mass is 10.2. The molecule has 0 spiro atoms. The Hall–Kier alpha value is -3.95. The van der Waals surface area contributed by atoms with E-state index in [-0.39, 0.29) is 22.9 Å². The van der Waals surface area contributed by atoms with E-state index < -0.39 is 23.3 Å². The molecule has 0 bridgehead atoms. The Morgan fingerprint density at radius 2 is 1.70 bits per heavy atom. The average Bonchev–Trinajstić information content (AvgIpc) is 2.75. The smallest absolute Gasteiger partial charge is 0.310 e. The van der Waals surface area contributed by atoms with Crippen LogP contribution in [0.3, 0.4) is 0 Å². The molecule has 2 rings (SSSR count). The number of hydrogen-bond donors (Lipinski definition) is 3. The molecular weight excluding hydrogens is 392 g/mol. The van der Waals surface area contributed by atoms with Crippen LogP contribution in [0.1, 0.15) is 36.5 Å². The number of amides is 3. The van der Waals surface area contributed by atoms with Gasteiger partial charge in [0, 0.05) is 23.7 Å². The number of nitro groups is 1. The monoisotopic (exact) mass is 414 g/mol. The molecule has 0 unspecified atom stereocenters. The zero-order chi connectivity index (χ0) is 21.9. The second-order valence-corrected chi connectivity index (χ2v) is 6.24. The summed E-state index contributed by atoms with van der Waals surface area (Å²) in [6, 6.07) is 11.8. The molecular formula is C20H22N4O6. The number of carbonyl (C=O) groups excluding carboxylic acids is 3. The van der Waals surface area contributed by atoms with Crippen LogP contribution in [0.4, 0.5) is 11.4 Å². The first-order valence-corrected chi connectivity index (χ1v) is 9.26. The Kier molecular flexibility index (Phi) is 8.30. The SMILES string of the molecule is CCCCC(=O)Nc1ccc(C(=O)NNC(=O)COc2ccccc2[N+](=O)[O-])cc1. The number of benzene rings is 2. The molecule has 10 heteroatoms. The van der Waals surface area contributed by atoms with Gasteiger partial charge < -0.3 is 10.1 Å². The number of hydrogen-bond acceptors (Lipinski definition) is 6. The van der Waals surface area contributed by atoms with E-state index >= 15 is 0 Å². The predicted octanol–water partition coefficient (Wildman–Crippen LogP) is 2.56. The Balaban J connectivity index is 1.80. The molecule has 0 aromatic heterocycles. The van der Waals surface area contributed by atoms with Crippen LogP contribution in [-0.4, -0.2) is 29.3 Å². The van der Waals surface area contributed by atoms with E-state index in [4.69, 9.17) is 4.74 Å². The number of rotatable bonds is 9. The summed E-state index contributed by atoms with van der Waals surface area (Å²) in [6.45, 7) is 1.48. The lowest BCUT2D eigenvalue weighted by molar-refractivity contribution is -0.385. The zero-order valence-corrected chi connectivity index (χ0v) is 16.3. The topological polar surface area (TPSA) is 140 Å². The molecule has 0 aliphatic rings. The van der Waals surface area contributed by atoms with Crippen LogP contribution < -0.4 is 20.9 Å². The van der Waals surface area contributed by atoms with E-state index in [9.17, 15) is 24.5 Å². The molecule has 10 nitrogen and oxygen atoms in total. The quantitative estimate of drug-likeness (QED) is 0.426. The van der Waals surface area contributed by atoms with E-state index in [0.717, 1.165) is 12.8 Å². The van der Waals surface area contributed by atoms with Gasteiger partial charge >= 0.3 is 5.69 Å². The molecule has 2 aromatic carbocycles. The van der Waals surface area contributed by atoms with Crippen molar-refractivity contribution in [1.29, 1.82) is 0 Å². The van der Waals surface area contributed by atoms with Crippen LogP contribution in [0.25, 0.3) is 0 Å². The fourth-order valence-corrected chi connectivity index (χ4v) is 2.37. The van der Waals surface area contributed by atoms with Gasteiger partial charge in [-0.3, -0.25) is 35.3 Å². The minimum absolute atomic E-state index is 0.0550. The second kappa shape index (κ2) is 11.1. The van der Waals surface area contributed by atoms with Crippen molar-refractivity contribution < 1.29 is 24.0 Å². The van der Waals surface area contributed by atoms with Crippen molar-refractivity contribution in [2.24, 2.45) is 0 Å². The highest BCUT2D eigenvalue weighted by atomic mass is 16.6. The molecule has 0 fully saturated rings. The number of unbranched alkanes of at least 4 members (excludes halogenated alkanes) is 1. The maximum absolute atomic E-state index is 12.1. The first kappa shape index (κ1) is 22.3. The molecule has 2 aromatic rings. The van der Waals surface area contributed by atoms with Gasteiger partial charge in [0.25, 0.3) is 11.8 Å². The van der Waals surface area contributed by atoms with Crippen LogP contribution in [0, 0.1) is 10.1 Å². The largest absolute Gasteiger partial charge is 0.477 e. The van der Waals surface area contributed by atoms with Crippen molar-refractivity contribution in [3.8, 4) is 5.75 Å². The third-order valence-corrected chi connectivity index (χ3v) is 3.92. The van der Waals surface area contributed by atoms with E-state index in [2.05, 4.69) is 16.2 Å². The lowest BCUT2D eigenvalue weighted by Gasteiger charge is -2.10. The number of ether oxygens (including phenoxy) is 1. The first-order valence-electron chi connectivity index (χ1n) is 9.26. The molecule has 0 atom stereocenters. The van der Waals surface area contributed by atoms with Gasteiger partial charge in [-0.1, -0.05) is 25.5 Å². The molecule has 30 heavy (non-hydrogen) atoms. The van der Waals surface area contributed by atoms with E-state index in [1.54, 1.807) is 12.1 Å². The lowest BCUT2D eigenvalue weighted by Crippen LogP contribution is -2.43. The van der Waals surface area contributed by atoms with Gasteiger partial charge in [-0.2, -0.15) is 0 Å². The highest BCUT2D eigenvalue weighted by Crippen LogP contribution is 2.25. The summed E-state index contributed by atoms with van der Waals surface area (Å²) >= 11 is 0. The number of nitro benzene ring substituents is 1. The summed E-state index contributed by atoms with van der Waals surface area (Å²) in [7, 11) is 0. The van der Waals surface area contributed by atoms with E-state index in [1.807, 2.05) is 6.92 Å². The van der Waals surface area contributed by atoms with E-state index in [1.165, 1.54) is 36.4 Å². The summed E-state index contributed by atoms with van der Waals surface area (Å²) in [6.07, 6.45) is 2.15. The number of nitrogens with zero attached hydrogens (tertiary/aromatic N) is 1. The van der Waals surface area contributed by atoms with Crippen LogP contribution in [0.15, 0.2) is 48.5 Å². The van der Waals surface area contributed by atoms with Crippen LogP contribution >= 0.6 is 0 Å². The van der Waals surface area contributed by atoms with E-state index in [0.29, 0.717) is 12.1 Å². The minimum Gasteiger partial charge on any atom is -0.477 e. The van der Waals surface area contributed by atoms with Crippen LogP contribution in [0.2, 0.25) is 0 Å². The van der Waals surface area contributed by atoms with Gasteiger partial charge in [-0.15, -0.1) is 0 Å². The second-order valence-electron chi connectivity index (χ2n) is 6.24. The van der Waals surface area contributed by atoms with Crippen molar-refractivity contribution in [3.05, 3.63) is 64.2 Å². The fourth-order valence-electron chi connectivity index (χ4n) is 2.37. The zero-order valence-electron chi connectivity index (χ0n) is 16.3. The minimum atomic E-state index is -0.693. The molecule has 0 aliphatic heterocycles. The van der Waals surface area contributed by atoms with Gasteiger partial charge in [-0.25, -0.2) is 0 Å². The highest BCUT2D eigenvalue weighted by molar-refractivity contribution is 5.96. The maximum Gasteiger partial charge on any atom is 0.310 e. The summed E-state index contributed by atoms with van der Waals surface area (Å²) in [5.74, 6) is -1.42. The van der Waals surface area contributed by atoms with Crippen LogP contribution in [-0.2, 0) is 9.59 Å². The molecule has 0 saturated carbocycles. The highest BCUT2D eigenvalue weighted by Gasteiger charge is 2.15. The Labute approximate surface area is 172 Å². The molecule has 158 valence electrons. The summed E-state index contributed by atoms with van der Waals surface area (Å²) in [5.41, 5.74) is 4.95. The normalized spacial score (nSPS) is 10.0. The molecule has 3 amide bonds. The molecule has 0 heterocycles. The van der Waals surface area contributed by atoms with Gasteiger partial charge in [0.15, 0.2) is 12.4 Å². The van der Waals surface area contributed by atoms with Crippen molar-refractivity contribution in [2.45, 2.75) is 26.2 Å². The van der Waals surface area contributed by atoms with Crippen molar-refractivity contribution in [2.75, 3.05) is 11.9 Å². The summed E-state index contributed by atoms with van der Waals surface area (Å²) in [5, 5.41) is 13.6. The molecule has 3 N–H and O–H groups in total. The van der Waals surface area contributed by atoms with Crippen LogP contribution in [0.5, 0.6) is 5.75 Å². The number of para-hydroxylation sites is 2. The summed E-state index contributed by atoms with van der Waals surface area (Å²) < 4.78 is 5.13. The van der Waals surface area contributed by atoms with Gasteiger partial charge in [0.1, 0.15) is 0 Å². The van der Waals surface area contributed by atoms with Gasteiger partial charge in [0.2, 0.25) is 5.91 Å². The van der Waals surface area contributed by atoms with Crippen molar-refractivity contribution in [3.63, 3.8) is 0 Å². The maximum atomic E-state index is 12.1. The Morgan fingerprint density at radius 1 is 1.00 bits per heavy atom. The molecule has 0 radical (unpaired) electrons. The average molecular weight is 414 g/mol. The predicted molar refractivity (Wildman–Crippen MR) is 109 cm³/mol. The number of anilines is 1. The summed E-state index contributed by atoms with van der Waals surface area (Å²) in [4.78, 5) is 45.9. The third-order valence-electron chi connectivity index (χ3n) is 3.92. The molecule has 0 saturated heterocycles. The van der Waals surface area contributed by atoms with Gasteiger partial charge in [-0.05, 0) is 36.8 Å². The Bertz CT molecular complexity index is 914. The van der Waals surface area contributed by atoms with Crippen molar-refractivity contribution >= 4 is 29.1 Å². The van der Waals surface area contributed by atoms with Gasteiger partial charge in [0.05, 0.1) is 4.92 Å². The Morgan fingerprint density at radius 3 is 2.37 bits per heavy atom. The standard InChI is InChI=1S/C20H22N4O6/c1-2-3-8-18(25)21-15-11-9-14(10-12-15)20(27)23-22-19(26)13-30-17-7-5-4-6-16(17)24(28)29/h4-7,9-12H,2-3,8,13H2,1H3,(H,21,25)(H,22,26)(H,23,27). The number of hydrazine groups is 1.